The Kier molecular flexibility index (Phi) is 9.04. The summed E-state index contributed by atoms with van der Waals surface area (Å²) in [5.41, 5.74) is 0.964. The van der Waals surface area contributed by atoms with Crippen molar-refractivity contribution in [2.24, 2.45) is 0 Å². The van der Waals surface area contributed by atoms with Crippen LogP contribution in [0, 0.1) is 0 Å². The maximum Gasteiger partial charge on any atom is 0.416 e. The molecule has 14 heteroatoms. The predicted molar refractivity (Wildman–Crippen MR) is 147 cm³/mol. The minimum absolute atomic E-state index is 0.0912. The first-order valence-electron chi connectivity index (χ1n) is 12.7. The van der Waals surface area contributed by atoms with E-state index < -0.39 is 39.7 Å². The van der Waals surface area contributed by atoms with Crippen LogP contribution in [0.3, 0.4) is 0 Å². The summed E-state index contributed by atoms with van der Waals surface area (Å²) in [7, 11) is -3.11. The standard InChI is InChI=1S/C27H29F3N4O5S2/c1-17(2)19-6-4-18(5-7-19)14-31-24(35)22-16-33(26-32-15-23(40-26)25(36)39-3)12-13-34(22)41(37,38)21-10-8-20(9-11-21)27(28,29)30/h4-11,15,17,22H,12-14,16H2,1-3H3,(H,31,35)/t22-/m1/s1. The number of hydrogen-bond donors (Lipinski definition) is 1. The van der Waals surface area contributed by atoms with E-state index in [-0.39, 0.29) is 36.0 Å². The van der Waals surface area contributed by atoms with Crippen LogP contribution in [0.15, 0.2) is 59.6 Å². The van der Waals surface area contributed by atoms with Crippen molar-refractivity contribution < 1.29 is 35.9 Å². The van der Waals surface area contributed by atoms with E-state index in [2.05, 4.69) is 24.1 Å². The Balaban J connectivity index is 1.59. The number of nitrogens with one attached hydrogen (secondary N) is 1. The van der Waals surface area contributed by atoms with Gasteiger partial charge in [0.05, 0.1) is 23.8 Å². The van der Waals surface area contributed by atoms with Gasteiger partial charge in [-0.3, -0.25) is 4.79 Å². The summed E-state index contributed by atoms with van der Waals surface area (Å²) >= 11 is 1.04. The molecule has 1 amide bonds. The van der Waals surface area contributed by atoms with Gasteiger partial charge in [-0.2, -0.15) is 17.5 Å². The summed E-state index contributed by atoms with van der Waals surface area (Å²) in [6.45, 7) is 4.17. The molecule has 3 aromatic rings. The average molecular weight is 611 g/mol. The molecule has 0 bridgehead atoms. The van der Waals surface area contributed by atoms with Gasteiger partial charge in [0.2, 0.25) is 15.9 Å². The summed E-state index contributed by atoms with van der Waals surface area (Å²) in [5.74, 6) is -0.820. The van der Waals surface area contributed by atoms with Crippen molar-refractivity contribution in [1.82, 2.24) is 14.6 Å². The van der Waals surface area contributed by atoms with Crippen LogP contribution in [-0.2, 0) is 32.3 Å². The molecule has 1 fully saturated rings. The van der Waals surface area contributed by atoms with E-state index >= 15 is 0 Å². The van der Waals surface area contributed by atoms with Crippen molar-refractivity contribution in [3.63, 3.8) is 0 Å². The fraction of sp³-hybridized carbons (Fsp3) is 0.370. The molecule has 1 atom stereocenters. The zero-order valence-electron chi connectivity index (χ0n) is 22.5. The molecular weight excluding hydrogens is 581 g/mol. The van der Waals surface area contributed by atoms with E-state index in [0.29, 0.717) is 23.2 Å². The number of benzene rings is 2. The van der Waals surface area contributed by atoms with Crippen LogP contribution >= 0.6 is 11.3 Å². The lowest BCUT2D eigenvalue weighted by molar-refractivity contribution is -0.137. The van der Waals surface area contributed by atoms with Crippen molar-refractivity contribution >= 4 is 38.4 Å². The molecule has 2 aromatic carbocycles. The molecule has 1 aromatic heterocycles. The van der Waals surface area contributed by atoms with Gasteiger partial charge in [-0.25, -0.2) is 18.2 Å². The second kappa shape index (κ2) is 12.2. The van der Waals surface area contributed by atoms with Gasteiger partial charge >= 0.3 is 12.1 Å². The van der Waals surface area contributed by atoms with Crippen LogP contribution in [0.1, 0.15) is 46.1 Å². The summed E-state index contributed by atoms with van der Waals surface area (Å²) in [4.78, 5) is 31.2. The molecule has 1 N–H and O–H groups in total. The molecule has 0 unspecified atom stereocenters. The van der Waals surface area contributed by atoms with Crippen LogP contribution in [0.25, 0.3) is 0 Å². The number of piperazine rings is 1. The molecule has 4 rings (SSSR count). The van der Waals surface area contributed by atoms with E-state index in [9.17, 15) is 31.2 Å². The van der Waals surface area contributed by atoms with Crippen molar-refractivity contribution in [2.75, 3.05) is 31.6 Å². The lowest BCUT2D eigenvalue weighted by Crippen LogP contribution is -2.60. The minimum atomic E-state index is -4.62. The van der Waals surface area contributed by atoms with E-state index in [1.807, 2.05) is 24.3 Å². The molecule has 1 aliphatic heterocycles. The van der Waals surface area contributed by atoms with Gasteiger partial charge in [0.1, 0.15) is 10.9 Å². The first-order valence-corrected chi connectivity index (χ1v) is 14.9. The van der Waals surface area contributed by atoms with E-state index in [4.69, 9.17) is 4.74 Å². The monoisotopic (exact) mass is 610 g/mol. The number of halogens is 3. The van der Waals surface area contributed by atoms with E-state index in [0.717, 1.165) is 38.9 Å². The van der Waals surface area contributed by atoms with Crippen molar-refractivity contribution in [1.29, 1.82) is 0 Å². The summed E-state index contributed by atoms with van der Waals surface area (Å²) in [6.07, 6.45) is -3.28. The second-order valence-electron chi connectivity index (χ2n) is 9.71. The first-order chi connectivity index (χ1) is 19.3. The van der Waals surface area contributed by atoms with Gasteiger partial charge in [0.15, 0.2) is 5.13 Å². The zero-order chi connectivity index (χ0) is 29.9. The number of sulfonamides is 1. The van der Waals surface area contributed by atoms with Crippen LogP contribution in [0.4, 0.5) is 18.3 Å². The summed E-state index contributed by atoms with van der Waals surface area (Å²) < 4.78 is 72.0. The molecule has 0 radical (unpaired) electrons. The normalized spacial score (nSPS) is 16.6. The number of carbonyl (C=O) groups excluding carboxylic acids is 2. The van der Waals surface area contributed by atoms with E-state index in [1.165, 1.54) is 13.3 Å². The fourth-order valence-electron chi connectivity index (χ4n) is 4.33. The second-order valence-corrected chi connectivity index (χ2v) is 12.6. The Labute approximate surface area is 240 Å². The molecule has 0 saturated carbocycles. The Bertz CT molecular complexity index is 1490. The number of aromatic nitrogens is 1. The van der Waals surface area contributed by atoms with Crippen LogP contribution < -0.4 is 10.2 Å². The maximum absolute atomic E-state index is 13.6. The molecule has 1 saturated heterocycles. The molecule has 2 heterocycles. The number of esters is 1. The number of hydrogen-bond acceptors (Lipinski definition) is 8. The molecule has 1 aliphatic rings. The Hall–Kier alpha value is -3.49. The predicted octanol–water partition coefficient (Wildman–Crippen LogP) is 4.27. The highest BCUT2D eigenvalue weighted by Crippen LogP contribution is 2.32. The highest BCUT2D eigenvalue weighted by molar-refractivity contribution is 7.89. The molecule has 41 heavy (non-hydrogen) atoms. The molecule has 0 aliphatic carbocycles. The molecule has 220 valence electrons. The third-order valence-corrected chi connectivity index (χ3v) is 9.65. The highest BCUT2D eigenvalue weighted by Gasteiger charge is 2.41. The fourth-order valence-corrected chi connectivity index (χ4v) is 6.77. The van der Waals surface area contributed by atoms with Crippen molar-refractivity contribution in [3.05, 3.63) is 76.3 Å². The van der Waals surface area contributed by atoms with Crippen LogP contribution in [-0.4, -0.2) is 62.4 Å². The lowest BCUT2D eigenvalue weighted by atomic mass is 10.0. The number of methoxy groups -OCH3 is 1. The van der Waals surface area contributed by atoms with Crippen molar-refractivity contribution in [3.8, 4) is 0 Å². The number of amides is 1. The quantitative estimate of drug-likeness (QED) is 0.380. The highest BCUT2D eigenvalue weighted by atomic mass is 32.2. The number of ether oxygens (including phenoxy) is 1. The number of carbonyl (C=O) groups is 2. The Morgan fingerprint density at radius 2 is 1.76 bits per heavy atom. The van der Waals surface area contributed by atoms with E-state index in [1.54, 1.807) is 4.90 Å². The number of thiazole rings is 1. The van der Waals surface area contributed by atoms with Gasteiger partial charge < -0.3 is 15.0 Å². The average Bonchev–Trinajstić information content (AvgIpc) is 3.45. The number of alkyl halides is 3. The molecular formula is C27H29F3N4O5S2. The number of anilines is 1. The van der Waals surface area contributed by atoms with Gasteiger partial charge in [-0.15, -0.1) is 0 Å². The number of nitrogens with zero attached hydrogens (tertiary/aromatic N) is 3. The largest absolute Gasteiger partial charge is 0.465 e. The molecule has 9 nitrogen and oxygen atoms in total. The summed E-state index contributed by atoms with van der Waals surface area (Å²) in [6, 6.07) is 9.61. The topological polar surface area (TPSA) is 109 Å². The Morgan fingerprint density at radius 3 is 2.34 bits per heavy atom. The van der Waals surface area contributed by atoms with Gasteiger partial charge in [-0.05, 0) is 41.3 Å². The third-order valence-electron chi connectivity index (χ3n) is 6.69. The molecule has 0 spiro atoms. The lowest BCUT2D eigenvalue weighted by Gasteiger charge is -2.39. The smallest absolute Gasteiger partial charge is 0.416 e. The Morgan fingerprint density at radius 1 is 1.10 bits per heavy atom. The summed E-state index contributed by atoms with van der Waals surface area (Å²) in [5, 5.41) is 3.19. The zero-order valence-corrected chi connectivity index (χ0v) is 24.1. The van der Waals surface area contributed by atoms with Crippen LogP contribution in [0.2, 0.25) is 0 Å². The number of rotatable bonds is 8. The third kappa shape index (κ3) is 6.88. The maximum atomic E-state index is 13.6. The van der Waals surface area contributed by atoms with Crippen LogP contribution in [0.5, 0.6) is 0 Å². The SMILES string of the molecule is COC(=O)c1cnc(N2CCN(S(=O)(=O)c3ccc(C(F)(F)F)cc3)[C@@H](C(=O)NCc3ccc(C(C)C)cc3)C2)s1. The van der Waals surface area contributed by atoms with Gasteiger partial charge in [0, 0.05) is 26.2 Å². The first kappa shape index (κ1) is 30.5. The van der Waals surface area contributed by atoms with Crippen molar-refractivity contribution in [2.45, 2.75) is 43.4 Å². The van der Waals surface area contributed by atoms with Gasteiger partial charge in [-0.1, -0.05) is 49.4 Å². The minimum Gasteiger partial charge on any atom is -0.465 e. The van der Waals surface area contributed by atoms with Gasteiger partial charge in [0.25, 0.3) is 0 Å².